The Morgan fingerprint density at radius 2 is 2.33 bits per heavy atom. The number of ether oxygens (including phenoxy) is 1. The maximum absolute atomic E-state index is 10.6. The molecule has 15 heavy (non-hydrogen) atoms. The fourth-order valence-corrected chi connectivity index (χ4v) is 1.30. The van der Waals surface area contributed by atoms with Gasteiger partial charge in [-0.1, -0.05) is 27.8 Å². The number of aldehydes is 1. The molecule has 0 N–H and O–H groups in total. The molecule has 78 valence electrons. The van der Waals surface area contributed by atoms with Crippen molar-refractivity contribution in [2.24, 2.45) is 0 Å². The summed E-state index contributed by atoms with van der Waals surface area (Å²) >= 11 is 3.30. The second-order valence-electron chi connectivity index (χ2n) is 2.82. The molecule has 0 radical (unpaired) electrons. The highest BCUT2D eigenvalue weighted by Crippen LogP contribution is 2.17. The summed E-state index contributed by atoms with van der Waals surface area (Å²) in [6, 6.07) is 5.29. The molecule has 0 heterocycles. The van der Waals surface area contributed by atoms with Crippen molar-refractivity contribution in [3.8, 4) is 17.6 Å². The van der Waals surface area contributed by atoms with E-state index in [1.54, 1.807) is 12.1 Å². The molecular weight excluding hydrogens is 256 g/mol. The summed E-state index contributed by atoms with van der Waals surface area (Å²) < 4.78 is 5.07. The molecule has 0 saturated carbocycles. The van der Waals surface area contributed by atoms with E-state index in [4.69, 9.17) is 4.74 Å². The summed E-state index contributed by atoms with van der Waals surface area (Å²) in [7, 11) is 1.54. The second-order valence-corrected chi connectivity index (χ2v) is 3.61. The number of carbonyl (C=O) groups excluding carboxylic acids is 1. The molecule has 1 aromatic carbocycles. The van der Waals surface area contributed by atoms with Crippen LogP contribution in [0.4, 0.5) is 0 Å². The Kier molecular flexibility index (Phi) is 4.92. The maximum Gasteiger partial charge on any atom is 0.153 e. The molecule has 0 atom stereocenters. The first-order valence-corrected chi connectivity index (χ1v) is 5.62. The Hall–Kier alpha value is -1.27. The Bertz CT molecular complexity index is 402. The van der Waals surface area contributed by atoms with Gasteiger partial charge >= 0.3 is 0 Å². The summed E-state index contributed by atoms with van der Waals surface area (Å²) in [6.45, 7) is 0. The first-order valence-electron chi connectivity index (χ1n) is 4.50. The van der Waals surface area contributed by atoms with E-state index in [2.05, 4.69) is 27.8 Å². The van der Waals surface area contributed by atoms with E-state index in [1.807, 2.05) is 6.07 Å². The molecule has 0 fully saturated rings. The number of hydrogen-bond acceptors (Lipinski definition) is 2. The third-order valence-electron chi connectivity index (χ3n) is 1.81. The minimum atomic E-state index is 0.545. The van der Waals surface area contributed by atoms with Gasteiger partial charge < -0.3 is 4.74 Å². The number of benzene rings is 1. The lowest BCUT2D eigenvalue weighted by molar-refractivity contribution is 0.112. The van der Waals surface area contributed by atoms with Crippen molar-refractivity contribution in [3.63, 3.8) is 0 Å². The van der Waals surface area contributed by atoms with Crippen LogP contribution < -0.4 is 4.74 Å². The molecule has 0 unspecified atom stereocenters. The average molecular weight is 267 g/mol. The fraction of sp³-hybridized carbons (Fsp3) is 0.250. The largest absolute Gasteiger partial charge is 0.496 e. The van der Waals surface area contributed by atoms with Gasteiger partial charge in [-0.05, 0) is 18.2 Å². The highest BCUT2D eigenvalue weighted by Gasteiger charge is 2.01. The van der Waals surface area contributed by atoms with Gasteiger partial charge in [0.05, 0.1) is 12.7 Å². The SMILES string of the molecule is COc1cc(C#CCCBr)ccc1C=O. The van der Waals surface area contributed by atoms with Crippen molar-refractivity contribution < 1.29 is 9.53 Å². The third-order valence-corrected chi connectivity index (χ3v) is 2.21. The molecule has 2 nitrogen and oxygen atoms in total. The van der Waals surface area contributed by atoms with Crippen LogP contribution in [0.1, 0.15) is 22.3 Å². The number of alkyl halides is 1. The van der Waals surface area contributed by atoms with E-state index in [0.717, 1.165) is 23.6 Å². The van der Waals surface area contributed by atoms with E-state index in [1.165, 1.54) is 7.11 Å². The molecule has 0 aliphatic carbocycles. The maximum atomic E-state index is 10.6. The highest BCUT2D eigenvalue weighted by atomic mass is 79.9. The number of halogens is 1. The van der Waals surface area contributed by atoms with Crippen LogP contribution in [-0.2, 0) is 0 Å². The zero-order valence-corrected chi connectivity index (χ0v) is 10.0. The van der Waals surface area contributed by atoms with E-state index >= 15 is 0 Å². The van der Waals surface area contributed by atoms with Crippen LogP contribution in [0.15, 0.2) is 18.2 Å². The summed E-state index contributed by atoms with van der Waals surface area (Å²) in [5, 5.41) is 0.865. The molecule has 0 bridgehead atoms. The van der Waals surface area contributed by atoms with Crippen molar-refractivity contribution in [1.29, 1.82) is 0 Å². The van der Waals surface area contributed by atoms with Crippen LogP contribution in [0.2, 0.25) is 0 Å². The first kappa shape index (κ1) is 11.8. The van der Waals surface area contributed by atoms with Gasteiger partial charge in [0.2, 0.25) is 0 Å². The quantitative estimate of drug-likeness (QED) is 0.478. The highest BCUT2D eigenvalue weighted by molar-refractivity contribution is 9.09. The van der Waals surface area contributed by atoms with E-state index in [9.17, 15) is 4.79 Å². The molecule has 0 saturated heterocycles. The second kappa shape index (κ2) is 6.26. The molecule has 0 amide bonds. The number of carbonyl (C=O) groups is 1. The molecular formula is C12H11BrO2. The van der Waals surface area contributed by atoms with Crippen molar-refractivity contribution in [2.45, 2.75) is 6.42 Å². The summed E-state index contributed by atoms with van der Waals surface area (Å²) in [5.41, 5.74) is 1.40. The summed E-state index contributed by atoms with van der Waals surface area (Å²) in [4.78, 5) is 10.6. The lowest BCUT2D eigenvalue weighted by Gasteiger charge is -2.02. The average Bonchev–Trinajstić information content (AvgIpc) is 2.29. The predicted molar refractivity (Wildman–Crippen MR) is 63.7 cm³/mol. The molecule has 0 aliphatic heterocycles. The normalized spacial score (nSPS) is 8.93. The zero-order valence-electron chi connectivity index (χ0n) is 8.42. The van der Waals surface area contributed by atoms with E-state index < -0.39 is 0 Å². The lowest BCUT2D eigenvalue weighted by atomic mass is 10.1. The molecule has 0 aromatic heterocycles. The first-order chi connectivity index (χ1) is 7.31. The number of hydrogen-bond donors (Lipinski definition) is 0. The number of rotatable bonds is 3. The number of methoxy groups -OCH3 is 1. The van der Waals surface area contributed by atoms with Crippen molar-refractivity contribution in [2.75, 3.05) is 12.4 Å². The zero-order chi connectivity index (χ0) is 11.1. The van der Waals surface area contributed by atoms with Crippen LogP contribution in [0.25, 0.3) is 0 Å². The van der Waals surface area contributed by atoms with Gasteiger partial charge in [0, 0.05) is 17.3 Å². The lowest BCUT2D eigenvalue weighted by Crippen LogP contribution is -1.90. The topological polar surface area (TPSA) is 26.3 Å². The standard InChI is InChI=1S/C12H11BrO2/c1-15-12-8-10(4-2-3-7-13)5-6-11(12)9-14/h5-6,8-9H,3,7H2,1H3. The predicted octanol–water partition coefficient (Wildman–Crippen LogP) is 2.64. The van der Waals surface area contributed by atoms with Gasteiger partial charge in [0.25, 0.3) is 0 Å². The fourth-order valence-electron chi connectivity index (χ4n) is 1.10. The van der Waals surface area contributed by atoms with Gasteiger partial charge in [-0.15, -0.1) is 0 Å². The van der Waals surface area contributed by atoms with Crippen LogP contribution in [0, 0.1) is 11.8 Å². The third kappa shape index (κ3) is 3.41. The minimum Gasteiger partial charge on any atom is -0.496 e. The van der Waals surface area contributed by atoms with Crippen molar-refractivity contribution in [3.05, 3.63) is 29.3 Å². The van der Waals surface area contributed by atoms with E-state index in [0.29, 0.717) is 11.3 Å². The van der Waals surface area contributed by atoms with Gasteiger partial charge in [0.15, 0.2) is 6.29 Å². The Morgan fingerprint density at radius 3 is 2.93 bits per heavy atom. The molecule has 0 spiro atoms. The molecule has 1 aromatic rings. The van der Waals surface area contributed by atoms with Gasteiger partial charge in [-0.3, -0.25) is 4.79 Å². The summed E-state index contributed by atoms with van der Waals surface area (Å²) in [5.74, 6) is 6.56. The Balaban J connectivity index is 2.94. The van der Waals surface area contributed by atoms with Crippen molar-refractivity contribution in [1.82, 2.24) is 0 Å². The van der Waals surface area contributed by atoms with Gasteiger partial charge in [0.1, 0.15) is 5.75 Å². The van der Waals surface area contributed by atoms with Crippen LogP contribution in [0.3, 0.4) is 0 Å². The monoisotopic (exact) mass is 266 g/mol. The molecule has 3 heteroatoms. The molecule has 0 aliphatic rings. The Labute approximate surface area is 97.8 Å². The van der Waals surface area contributed by atoms with E-state index in [-0.39, 0.29) is 0 Å². The Morgan fingerprint density at radius 1 is 1.53 bits per heavy atom. The smallest absolute Gasteiger partial charge is 0.153 e. The van der Waals surface area contributed by atoms with Crippen LogP contribution in [0.5, 0.6) is 5.75 Å². The van der Waals surface area contributed by atoms with Crippen molar-refractivity contribution >= 4 is 22.2 Å². The van der Waals surface area contributed by atoms with Crippen LogP contribution in [-0.4, -0.2) is 18.7 Å². The van der Waals surface area contributed by atoms with Crippen LogP contribution >= 0.6 is 15.9 Å². The molecule has 1 rings (SSSR count). The van der Waals surface area contributed by atoms with Gasteiger partial charge in [-0.25, -0.2) is 0 Å². The van der Waals surface area contributed by atoms with Gasteiger partial charge in [-0.2, -0.15) is 0 Å². The summed E-state index contributed by atoms with van der Waals surface area (Å²) in [6.07, 6.45) is 1.58. The minimum absolute atomic E-state index is 0.545.